The van der Waals surface area contributed by atoms with Crippen LogP contribution in [-0.4, -0.2) is 41.9 Å². The fourth-order valence-electron chi connectivity index (χ4n) is 3.06. The molecule has 2 heterocycles. The standard InChI is InChI=1S/C20H19FN6O4/c1-30-8-9-31-15-5-2-13(3-6-15)24-20-22-11-16(21)19(25-20)26-12-23-17-7-4-14(27(28)29)10-18(17)26/h2-7,10-11,23H,8-9,12H2,1H3,(H,22,24,25). The summed E-state index contributed by atoms with van der Waals surface area (Å²) in [7, 11) is 1.60. The second kappa shape index (κ2) is 8.79. The fraction of sp³-hybridized carbons (Fsp3) is 0.200. The first-order valence-corrected chi connectivity index (χ1v) is 9.36. The number of nitrogens with zero attached hydrogens (tertiary/aromatic N) is 4. The molecular weight excluding hydrogens is 407 g/mol. The number of hydrogen-bond donors (Lipinski definition) is 2. The van der Waals surface area contributed by atoms with Crippen LogP contribution in [0, 0.1) is 15.9 Å². The minimum Gasteiger partial charge on any atom is -0.491 e. The van der Waals surface area contributed by atoms with Gasteiger partial charge in [0.1, 0.15) is 12.4 Å². The molecule has 0 fully saturated rings. The van der Waals surface area contributed by atoms with E-state index in [9.17, 15) is 14.5 Å². The molecule has 0 atom stereocenters. The maximum atomic E-state index is 14.5. The summed E-state index contributed by atoms with van der Waals surface area (Å²) in [6.45, 7) is 1.15. The molecule has 2 N–H and O–H groups in total. The first-order chi connectivity index (χ1) is 15.0. The smallest absolute Gasteiger partial charge is 0.271 e. The van der Waals surface area contributed by atoms with Crippen molar-refractivity contribution in [1.29, 1.82) is 0 Å². The Hall–Kier alpha value is -3.99. The van der Waals surface area contributed by atoms with Crippen LogP contribution in [-0.2, 0) is 4.74 Å². The number of fused-ring (bicyclic) bond motifs is 1. The Balaban J connectivity index is 1.54. The molecule has 0 radical (unpaired) electrons. The predicted molar refractivity (Wildman–Crippen MR) is 113 cm³/mol. The average Bonchev–Trinajstić information content (AvgIpc) is 3.19. The Bertz CT molecular complexity index is 1100. The van der Waals surface area contributed by atoms with Crippen LogP contribution in [0.1, 0.15) is 0 Å². The lowest BCUT2D eigenvalue weighted by Gasteiger charge is -2.18. The highest BCUT2D eigenvalue weighted by Gasteiger charge is 2.26. The van der Waals surface area contributed by atoms with Gasteiger partial charge >= 0.3 is 0 Å². The Morgan fingerprint density at radius 3 is 2.81 bits per heavy atom. The zero-order valence-electron chi connectivity index (χ0n) is 16.5. The summed E-state index contributed by atoms with van der Waals surface area (Å²) in [6, 6.07) is 11.5. The molecule has 160 valence electrons. The molecule has 1 aromatic heterocycles. The number of nitro benzene ring substituents is 1. The number of nitro groups is 1. The molecule has 0 saturated carbocycles. The normalized spacial score (nSPS) is 12.3. The van der Waals surface area contributed by atoms with E-state index >= 15 is 0 Å². The van der Waals surface area contributed by atoms with Crippen molar-refractivity contribution in [3.63, 3.8) is 0 Å². The SMILES string of the molecule is COCCOc1ccc(Nc2ncc(F)c(N3CNc4ccc([N+](=O)[O-])cc43)n2)cc1. The van der Waals surface area contributed by atoms with E-state index in [0.29, 0.717) is 36.0 Å². The van der Waals surface area contributed by atoms with Gasteiger partial charge in [0.05, 0.1) is 35.8 Å². The third kappa shape index (κ3) is 4.46. The van der Waals surface area contributed by atoms with Crippen molar-refractivity contribution < 1.29 is 18.8 Å². The molecule has 10 nitrogen and oxygen atoms in total. The third-order valence-corrected chi connectivity index (χ3v) is 4.56. The lowest BCUT2D eigenvalue weighted by molar-refractivity contribution is -0.384. The van der Waals surface area contributed by atoms with Gasteiger partial charge in [-0.05, 0) is 30.3 Å². The topological polar surface area (TPSA) is 115 Å². The summed E-state index contributed by atoms with van der Waals surface area (Å²) < 4.78 is 25.0. The lowest BCUT2D eigenvalue weighted by atomic mass is 10.2. The number of ether oxygens (including phenoxy) is 2. The fourth-order valence-corrected chi connectivity index (χ4v) is 3.06. The van der Waals surface area contributed by atoms with Crippen molar-refractivity contribution in [2.45, 2.75) is 0 Å². The van der Waals surface area contributed by atoms with Gasteiger partial charge in [0.15, 0.2) is 11.6 Å². The molecule has 2 aromatic carbocycles. The summed E-state index contributed by atoms with van der Waals surface area (Å²) in [6.07, 6.45) is 1.06. The van der Waals surface area contributed by atoms with Crippen LogP contribution in [0.5, 0.6) is 5.75 Å². The molecule has 0 aliphatic carbocycles. The van der Waals surface area contributed by atoms with Gasteiger partial charge in [0.2, 0.25) is 5.95 Å². The van der Waals surface area contributed by atoms with Gasteiger partial charge in [-0.3, -0.25) is 10.1 Å². The van der Waals surface area contributed by atoms with Gasteiger partial charge in [-0.15, -0.1) is 0 Å². The van der Waals surface area contributed by atoms with Gasteiger partial charge < -0.3 is 25.0 Å². The molecule has 4 rings (SSSR count). The summed E-state index contributed by atoms with van der Waals surface area (Å²) in [5, 5.41) is 17.2. The van der Waals surface area contributed by atoms with E-state index in [1.165, 1.54) is 17.0 Å². The van der Waals surface area contributed by atoms with Gasteiger partial charge in [-0.2, -0.15) is 4.98 Å². The number of nitrogens with one attached hydrogen (secondary N) is 2. The van der Waals surface area contributed by atoms with Crippen molar-refractivity contribution in [2.75, 3.05) is 42.5 Å². The molecule has 1 aliphatic rings. The van der Waals surface area contributed by atoms with Crippen molar-refractivity contribution in [2.24, 2.45) is 0 Å². The minimum atomic E-state index is -0.645. The van der Waals surface area contributed by atoms with Crippen LogP contribution in [0.3, 0.4) is 0 Å². The zero-order valence-corrected chi connectivity index (χ0v) is 16.5. The Morgan fingerprint density at radius 2 is 2.06 bits per heavy atom. The maximum Gasteiger partial charge on any atom is 0.271 e. The monoisotopic (exact) mass is 426 g/mol. The van der Waals surface area contributed by atoms with E-state index in [2.05, 4.69) is 20.6 Å². The van der Waals surface area contributed by atoms with Gasteiger partial charge in [-0.25, -0.2) is 9.37 Å². The summed E-state index contributed by atoms with van der Waals surface area (Å²) in [5.41, 5.74) is 1.72. The van der Waals surface area contributed by atoms with E-state index < -0.39 is 10.7 Å². The number of benzene rings is 2. The lowest BCUT2D eigenvalue weighted by Crippen LogP contribution is -2.20. The molecule has 0 amide bonds. The van der Waals surface area contributed by atoms with E-state index in [0.717, 1.165) is 6.20 Å². The summed E-state index contributed by atoms with van der Waals surface area (Å²) in [4.78, 5) is 20.4. The maximum absolute atomic E-state index is 14.5. The minimum absolute atomic E-state index is 0.00349. The van der Waals surface area contributed by atoms with Gasteiger partial charge in [-0.1, -0.05) is 0 Å². The molecule has 0 bridgehead atoms. The predicted octanol–water partition coefficient (Wildman–Crippen LogP) is 3.81. The highest BCUT2D eigenvalue weighted by molar-refractivity contribution is 5.82. The average molecular weight is 426 g/mol. The van der Waals surface area contributed by atoms with Crippen LogP contribution in [0.25, 0.3) is 0 Å². The molecule has 31 heavy (non-hydrogen) atoms. The van der Waals surface area contributed by atoms with Crippen LogP contribution in [0.2, 0.25) is 0 Å². The van der Waals surface area contributed by atoms with E-state index in [1.807, 2.05) is 0 Å². The summed E-state index contributed by atoms with van der Waals surface area (Å²) >= 11 is 0. The molecule has 0 spiro atoms. The largest absolute Gasteiger partial charge is 0.491 e. The Kier molecular flexibility index (Phi) is 5.76. The van der Waals surface area contributed by atoms with Crippen molar-refractivity contribution >= 4 is 34.5 Å². The highest BCUT2D eigenvalue weighted by atomic mass is 19.1. The van der Waals surface area contributed by atoms with Gasteiger partial charge in [0, 0.05) is 24.9 Å². The second-order valence-electron chi connectivity index (χ2n) is 6.58. The third-order valence-electron chi connectivity index (χ3n) is 4.56. The van der Waals surface area contributed by atoms with E-state index in [1.54, 1.807) is 37.4 Å². The van der Waals surface area contributed by atoms with Crippen molar-refractivity contribution in [3.05, 3.63) is 64.6 Å². The highest BCUT2D eigenvalue weighted by Crippen LogP contribution is 2.39. The molecule has 11 heteroatoms. The molecular formula is C20H19FN6O4. The molecule has 0 unspecified atom stereocenters. The quantitative estimate of drug-likeness (QED) is 0.315. The van der Waals surface area contributed by atoms with Crippen LogP contribution in [0.4, 0.5) is 38.9 Å². The van der Waals surface area contributed by atoms with E-state index in [-0.39, 0.29) is 24.1 Å². The zero-order chi connectivity index (χ0) is 21.8. The van der Waals surface area contributed by atoms with E-state index in [4.69, 9.17) is 9.47 Å². The molecule has 0 saturated heterocycles. The number of methoxy groups -OCH3 is 1. The number of halogens is 1. The van der Waals surface area contributed by atoms with Crippen molar-refractivity contribution in [3.8, 4) is 5.75 Å². The molecule has 3 aromatic rings. The van der Waals surface area contributed by atoms with Crippen LogP contribution in [0.15, 0.2) is 48.7 Å². The number of rotatable bonds is 8. The number of anilines is 5. The number of non-ortho nitro benzene ring substituents is 1. The molecule has 1 aliphatic heterocycles. The summed E-state index contributed by atoms with van der Waals surface area (Å²) in [5.74, 6) is 0.227. The van der Waals surface area contributed by atoms with Gasteiger partial charge in [0.25, 0.3) is 5.69 Å². The van der Waals surface area contributed by atoms with Crippen LogP contribution >= 0.6 is 0 Å². The number of hydrogen-bond acceptors (Lipinski definition) is 9. The first-order valence-electron chi connectivity index (χ1n) is 9.36. The Labute approximate surface area is 176 Å². The second-order valence-corrected chi connectivity index (χ2v) is 6.58. The Morgan fingerprint density at radius 1 is 1.26 bits per heavy atom. The van der Waals surface area contributed by atoms with Crippen LogP contribution < -0.4 is 20.3 Å². The van der Waals surface area contributed by atoms with Crippen molar-refractivity contribution in [1.82, 2.24) is 9.97 Å². The first kappa shape index (κ1) is 20.3. The number of aromatic nitrogens is 2.